The molecule has 9 heteroatoms. The number of fused-ring (bicyclic) bond motifs is 1. The van der Waals surface area contributed by atoms with Gasteiger partial charge in [-0.25, -0.2) is 4.79 Å². The molecule has 0 saturated carbocycles. The van der Waals surface area contributed by atoms with Crippen LogP contribution in [0.15, 0.2) is 9.59 Å². The summed E-state index contributed by atoms with van der Waals surface area (Å²) in [6, 6.07) is -0.181. The second-order valence-corrected chi connectivity index (χ2v) is 5.06. The van der Waals surface area contributed by atoms with E-state index in [-0.39, 0.29) is 6.04 Å². The van der Waals surface area contributed by atoms with Gasteiger partial charge in [-0.05, 0) is 0 Å². The zero-order valence-corrected chi connectivity index (χ0v) is 12.6. The fourth-order valence-corrected chi connectivity index (χ4v) is 2.20. The zero-order valence-electron chi connectivity index (χ0n) is 12.6. The van der Waals surface area contributed by atoms with Gasteiger partial charge in [-0.3, -0.25) is 13.9 Å². The molecular weight excluding hydrogens is 276 g/mol. The van der Waals surface area contributed by atoms with Crippen LogP contribution in [0.25, 0.3) is 11.2 Å². The standard InChI is InChI=1S/C12H20N6O3/c1-16(5-7(13)6-21-4)11-14-8-9(15-11)17(2)12(20)18(3)10(8)19/h7H,5-6,13H2,1-4H3,(H,14,15). The molecule has 2 aromatic rings. The second-order valence-electron chi connectivity index (χ2n) is 5.06. The third-order valence-electron chi connectivity index (χ3n) is 3.33. The molecular formula is C12H20N6O3. The lowest BCUT2D eigenvalue weighted by atomic mass is 10.3. The van der Waals surface area contributed by atoms with E-state index in [0.29, 0.717) is 30.3 Å². The Hall–Kier alpha value is -2.13. The molecule has 0 saturated heterocycles. The summed E-state index contributed by atoms with van der Waals surface area (Å²) in [5.74, 6) is 0.481. The van der Waals surface area contributed by atoms with Gasteiger partial charge in [0.15, 0.2) is 11.2 Å². The maximum atomic E-state index is 12.1. The molecule has 3 N–H and O–H groups in total. The highest BCUT2D eigenvalue weighted by molar-refractivity contribution is 5.72. The summed E-state index contributed by atoms with van der Waals surface area (Å²) >= 11 is 0. The Balaban J connectivity index is 2.44. The minimum absolute atomic E-state index is 0.181. The van der Waals surface area contributed by atoms with E-state index < -0.39 is 11.2 Å². The number of nitrogens with zero attached hydrogens (tertiary/aromatic N) is 4. The molecule has 0 bridgehead atoms. The summed E-state index contributed by atoms with van der Waals surface area (Å²) in [5.41, 5.74) is 5.70. The molecule has 1 unspecified atom stereocenters. The SMILES string of the molecule is COCC(N)CN(C)c1nc2c([nH]1)c(=O)n(C)c(=O)n2C. The number of hydrogen-bond donors (Lipinski definition) is 2. The van der Waals surface area contributed by atoms with Gasteiger partial charge in [0.25, 0.3) is 5.56 Å². The van der Waals surface area contributed by atoms with Gasteiger partial charge >= 0.3 is 5.69 Å². The number of aromatic amines is 1. The van der Waals surface area contributed by atoms with Crippen LogP contribution in [0.5, 0.6) is 0 Å². The highest BCUT2D eigenvalue weighted by atomic mass is 16.5. The first kappa shape index (κ1) is 15.3. The van der Waals surface area contributed by atoms with Crippen LogP contribution < -0.4 is 21.9 Å². The molecule has 0 aliphatic carbocycles. The van der Waals surface area contributed by atoms with Crippen LogP contribution in [0.1, 0.15) is 0 Å². The van der Waals surface area contributed by atoms with E-state index in [1.807, 2.05) is 0 Å². The van der Waals surface area contributed by atoms with Crippen LogP contribution in [0.4, 0.5) is 5.95 Å². The van der Waals surface area contributed by atoms with E-state index in [1.165, 1.54) is 11.6 Å². The van der Waals surface area contributed by atoms with E-state index >= 15 is 0 Å². The van der Waals surface area contributed by atoms with Gasteiger partial charge in [-0.1, -0.05) is 0 Å². The van der Waals surface area contributed by atoms with Crippen molar-refractivity contribution in [3.05, 3.63) is 20.8 Å². The van der Waals surface area contributed by atoms with Gasteiger partial charge < -0.3 is 20.4 Å². The van der Waals surface area contributed by atoms with E-state index in [0.717, 1.165) is 4.57 Å². The second kappa shape index (κ2) is 5.70. The van der Waals surface area contributed by atoms with Crippen molar-refractivity contribution < 1.29 is 4.74 Å². The Morgan fingerprint density at radius 2 is 2.05 bits per heavy atom. The highest BCUT2D eigenvalue weighted by Crippen LogP contribution is 2.12. The lowest BCUT2D eigenvalue weighted by molar-refractivity contribution is 0.181. The maximum Gasteiger partial charge on any atom is 0.332 e. The van der Waals surface area contributed by atoms with Crippen molar-refractivity contribution in [2.75, 3.05) is 32.2 Å². The summed E-state index contributed by atoms with van der Waals surface area (Å²) in [6.45, 7) is 0.923. The van der Waals surface area contributed by atoms with Gasteiger partial charge in [0.2, 0.25) is 5.95 Å². The minimum Gasteiger partial charge on any atom is -0.383 e. The third kappa shape index (κ3) is 2.69. The average Bonchev–Trinajstić information content (AvgIpc) is 2.88. The van der Waals surface area contributed by atoms with Crippen molar-refractivity contribution in [1.82, 2.24) is 19.1 Å². The first-order valence-electron chi connectivity index (χ1n) is 6.48. The lowest BCUT2D eigenvalue weighted by Crippen LogP contribution is -2.38. The molecule has 2 heterocycles. The first-order chi connectivity index (χ1) is 9.86. The fourth-order valence-electron chi connectivity index (χ4n) is 2.20. The Morgan fingerprint density at radius 1 is 1.38 bits per heavy atom. The van der Waals surface area contributed by atoms with Gasteiger partial charge in [-0.15, -0.1) is 0 Å². The van der Waals surface area contributed by atoms with Crippen LogP contribution in [0.3, 0.4) is 0 Å². The van der Waals surface area contributed by atoms with Crippen LogP contribution in [-0.4, -0.2) is 52.5 Å². The van der Waals surface area contributed by atoms with Crippen molar-refractivity contribution in [1.29, 1.82) is 0 Å². The number of aromatic nitrogens is 4. The third-order valence-corrected chi connectivity index (χ3v) is 3.33. The summed E-state index contributed by atoms with van der Waals surface area (Å²) in [4.78, 5) is 33.0. The summed E-state index contributed by atoms with van der Waals surface area (Å²) in [5, 5.41) is 0. The monoisotopic (exact) mass is 296 g/mol. The number of ether oxygens (including phenoxy) is 1. The molecule has 0 spiro atoms. The van der Waals surface area contributed by atoms with Crippen LogP contribution in [0, 0.1) is 0 Å². The predicted octanol–water partition coefficient (Wildman–Crippen LogP) is -1.63. The molecule has 9 nitrogen and oxygen atoms in total. The molecule has 116 valence electrons. The number of rotatable bonds is 5. The lowest BCUT2D eigenvalue weighted by Gasteiger charge is -2.19. The van der Waals surface area contributed by atoms with Crippen molar-refractivity contribution in [3.63, 3.8) is 0 Å². The predicted molar refractivity (Wildman–Crippen MR) is 79.7 cm³/mol. The molecule has 0 aromatic carbocycles. The number of imidazole rings is 1. The summed E-state index contributed by atoms with van der Waals surface area (Å²) < 4.78 is 7.36. The number of aryl methyl sites for hydroxylation is 1. The van der Waals surface area contributed by atoms with Crippen LogP contribution >= 0.6 is 0 Å². The number of nitrogens with one attached hydrogen (secondary N) is 1. The van der Waals surface area contributed by atoms with E-state index in [4.69, 9.17) is 10.5 Å². The quantitative estimate of drug-likeness (QED) is 0.685. The smallest absolute Gasteiger partial charge is 0.332 e. The first-order valence-corrected chi connectivity index (χ1v) is 6.48. The number of likely N-dealkylation sites (N-methyl/N-ethyl adjacent to an activating group) is 1. The number of nitrogens with two attached hydrogens (primary N) is 1. The molecule has 2 rings (SSSR count). The molecule has 0 radical (unpaired) electrons. The molecule has 2 aromatic heterocycles. The minimum atomic E-state index is -0.413. The van der Waals surface area contributed by atoms with Crippen molar-refractivity contribution >= 4 is 17.1 Å². The van der Waals surface area contributed by atoms with Crippen molar-refractivity contribution in [3.8, 4) is 0 Å². The van der Waals surface area contributed by atoms with Gasteiger partial charge in [-0.2, -0.15) is 4.98 Å². The maximum absolute atomic E-state index is 12.1. The molecule has 21 heavy (non-hydrogen) atoms. The van der Waals surface area contributed by atoms with Crippen molar-refractivity contribution in [2.45, 2.75) is 6.04 Å². The summed E-state index contributed by atoms with van der Waals surface area (Å²) in [7, 11) is 6.39. The molecule has 1 atom stereocenters. The Bertz CT molecular complexity index is 759. The number of hydrogen-bond acceptors (Lipinski definition) is 6. The van der Waals surface area contributed by atoms with Crippen molar-refractivity contribution in [2.24, 2.45) is 19.8 Å². The summed E-state index contributed by atoms with van der Waals surface area (Å²) in [6.07, 6.45) is 0. The Labute approximate surface area is 120 Å². The average molecular weight is 296 g/mol. The van der Waals surface area contributed by atoms with Gasteiger partial charge in [0.1, 0.15) is 0 Å². The fraction of sp³-hybridized carbons (Fsp3) is 0.583. The van der Waals surface area contributed by atoms with E-state index in [9.17, 15) is 9.59 Å². The topological polar surface area (TPSA) is 111 Å². The molecule has 0 fully saturated rings. The zero-order chi connectivity index (χ0) is 15.7. The Morgan fingerprint density at radius 3 is 2.67 bits per heavy atom. The van der Waals surface area contributed by atoms with E-state index in [2.05, 4.69) is 9.97 Å². The normalized spacial score (nSPS) is 12.8. The molecule has 0 amide bonds. The molecule has 0 aliphatic heterocycles. The van der Waals surface area contributed by atoms with Crippen LogP contribution in [-0.2, 0) is 18.8 Å². The largest absolute Gasteiger partial charge is 0.383 e. The van der Waals surface area contributed by atoms with E-state index in [1.54, 1.807) is 26.1 Å². The highest BCUT2D eigenvalue weighted by Gasteiger charge is 2.16. The number of methoxy groups -OCH3 is 1. The number of anilines is 1. The van der Waals surface area contributed by atoms with Gasteiger partial charge in [0, 0.05) is 40.8 Å². The van der Waals surface area contributed by atoms with Crippen LogP contribution in [0.2, 0.25) is 0 Å². The Kier molecular flexibility index (Phi) is 4.14. The molecule has 0 aliphatic rings. The van der Waals surface area contributed by atoms with Gasteiger partial charge in [0.05, 0.1) is 6.61 Å². The number of H-pyrrole nitrogens is 1.